The summed E-state index contributed by atoms with van der Waals surface area (Å²) in [6, 6.07) is -0.355. The molecule has 0 bridgehead atoms. The molecule has 2 fully saturated rings. The van der Waals surface area contributed by atoms with Gasteiger partial charge in [0.2, 0.25) is 11.8 Å². The molecule has 6 heteroatoms. The van der Waals surface area contributed by atoms with E-state index in [2.05, 4.69) is 5.32 Å². The smallest absolute Gasteiger partial charge is 0.245 e. The van der Waals surface area contributed by atoms with Crippen LogP contribution in [-0.2, 0) is 20.4 Å². The standard InChI is InChI=1S/C14H24N2O3S/c1-2-20(19)9-8-16-10-12(17)15-13(14(16)18)11-6-4-3-5-7-11/h11,13H,2-10H2,1H3,(H,15,17). The van der Waals surface area contributed by atoms with E-state index in [1.807, 2.05) is 6.92 Å². The second-order valence-electron chi connectivity index (χ2n) is 5.64. The minimum absolute atomic E-state index is 0.0182. The van der Waals surface area contributed by atoms with Gasteiger partial charge in [0.15, 0.2) is 0 Å². The van der Waals surface area contributed by atoms with Crippen LogP contribution in [0, 0.1) is 5.92 Å². The Balaban J connectivity index is 1.97. The number of hydrogen-bond donors (Lipinski definition) is 1. The second kappa shape index (κ2) is 7.20. The fourth-order valence-electron chi connectivity index (χ4n) is 3.06. The Bertz CT molecular complexity index is 394. The summed E-state index contributed by atoms with van der Waals surface area (Å²) < 4.78 is 11.5. The lowest BCUT2D eigenvalue weighted by Crippen LogP contribution is -2.61. The van der Waals surface area contributed by atoms with E-state index in [9.17, 15) is 13.8 Å². The molecule has 5 nitrogen and oxygen atoms in total. The number of carbonyl (C=O) groups is 2. The van der Waals surface area contributed by atoms with Gasteiger partial charge in [-0.2, -0.15) is 0 Å². The van der Waals surface area contributed by atoms with Crippen molar-refractivity contribution < 1.29 is 13.8 Å². The zero-order valence-electron chi connectivity index (χ0n) is 12.1. The molecule has 114 valence electrons. The first-order chi connectivity index (χ1) is 9.61. The van der Waals surface area contributed by atoms with Crippen molar-refractivity contribution in [1.82, 2.24) is 10.2 Å². The van der Waals surface area contributed by atoms with Crippen LogP contribution in [0.1, 0.15) is 39.0 Å². The number of rotatable bonds is 5. The topological polar surface area (TPSA) is 66.5 Å². The third kappa shape index (κ3) is 3.81. The van der Waals surface area contributed by atoms with Gasteiger partial charge < -0.3 is 10.2 Å². The van der Waals surface area contributed by atoms with Gasteiger partial charge in [0.05, 0.1) is 6.54 Å². The van der Waals surface area contributed by atoms with E-state index in [4.69, 9.17) is 0 Å². The van der Waals surface area contributed by atoms with Crippen LogP contribution in [-0.4, -0.2) is 51.6 Å². The minimum Gasteiger partial charge on any atom is -0.342 e. The van der Waals surface area contributed by atoms with Crippen LogP contribution in [0.3, 0.4) is 0 Å². The van der Waals surface area contributed by atoms with Gasteiger partial charge in [-0.15, -0.1) is 0 Å². The van der Waals surface area contributed by atoms with E-state index < -0.39 is 10.8 Å². The highest BCUT2D eigenvalue weighted by atomic mass is 32.2. The zero-order valence-corrected chi connectivity index (χ0v) is 12.9. The van der Waals surface area contributed by atoms with Gasteiger partial charge in [0, 0.05) is 28.9 Å². The number of piperazine rings is 1. The lowest BCUT2D eigenvalue weighted by Gasteiger charge is -2.37. The van der Waals surface area contributed by atoms with Crippen molar-refractivity contribution in [2.45, 2.75) is 45.1 Å². The molecule has 0 aromatic heterocycles. The quantitative estimate of drug-likeness (QED) is 0.811. The molecular weight excluding hydrogens is 276 g/mol. The molecule has 1 heterocycles. The van der Waals surface area contributed by atoms with E-state index in [0.29, 0.717) is 18.1 Å². The average Bonchev–Trinajstić information content (AvgIpc) is 2.48. The summed E-state index contributed by atoms with van der Waals surface area (Å²) in [5.74, 6) is 1.28. The maximum Gasteiger partial charge on any atom is 0.245 e. The van der Waals surface area contributed by atoms with Gasteiger partial charge in [-0.3, -0.25) is 13.8 Å². The van der Waals surface area contributed by atoms with Gasteiger partial charge in [-0.25, -0.2) is 0 Å². The third-order valence-electron chi connectivity index (χ3n) is 4.26. The van der Waals surface area contributed by atoms with Gasteiger partial charge in [0.25, 0.3) is 0 Å². The van der Waals surface area contributed by atoms with Crippen molar-refractivity contribution in [1.29, 1.82) is 0 Å². The Morgan fingerprint density at radius 2 is 1.95 bits per heavy atom. The van der Waals surface area contributed by atoms with E-state index in [-0.39, 0.29) is 30.3 Å². The number of amides is 2. The molecule has 2 amide bonds. The van der Waals surface area contributed by atoms with Crippen molar-refractivity contribution in [2.75, 3.05) is 24.6 Å². The van der Waals surface area contributed by atoms with E-state index in [1.165, 1.54) is 6.42 Å². The average molecular weight is 300 g/mol. The number of nitrogens with one attached hydrogen (secondary N) is 1. The van der Waals surface area contributed by atoms with E-state index in [1.54, 1.807) is 4.90 Å². The van der Waals surface area contributed by atoms with Crippen LogP contribution < -0.4 is 5.32 Å². The van der Waals surface area contributed by atoms with Crippen LogP contribution in [0.5, 0.6) is 0 Å². The molecule has 1 N–H and O–H groups in total. The predicted octanol–water partition coefficient (Wildman–Crippen LogP) is 0.662. The molecule has 0 radical (unpaired) electrons. The monoisotopic (exact) mass is 300 g/mol. The summed E-state index contributed by atoms with van der Waals surface area (Å²) in [7, 11) is -0.896. The van der Waals surface area contributed by atoms with E-state index in [0.717, 1.165) is 25.7 Å². The highest BCUT2D eigenvalue weighted by molar-refractivity contribution is 7.84. The highest BCUT2D eigenvalue weighted by Gasteiger charge is 2.37. The summed E-state index contributed by atoms with van der Waals surface area (Å²) in [5.41, 5.74) is 0. The number of nitrogens with zero attached hydrogens (tertiary/aromatic N) is 1. The first-order valence-electron chi connectivity index (χ1n) is 7.55. The zero-order chi connectivity index (χ0) is 14.5. The maximum absolute atomic E-state index is 12.5. The molecule has 1 saturated carbocycles. The Morgan fingerprint density at radius 1 is 1.25 bits per heavy atom. The van der Waals surface area contributed by atoms with Crippen molar-refractivity contribution in [2.24, 2.45) is 5.92 Å². The third-order valence-corrected chi connectivity index (χ3v) is 5.54. The van der Waals surface area contributed by atoms with Gasteiger partial charge in [0.1, 0.15) is 6.04 Å². The maximum atomic E-state index is 12.5. The molecule has 1 aliphatic heterocycles. The molecule has 1 saturated heterocycles. The Labute approximate surface area is 122 Å². The van der Waals surface area contributed by atoms with Crippen LogP contribution in [0.4, 0.5) is 0 Å². The van der Waals surface area contributed by atoms with Crippen LogP contribution >= 0.6 is 0 Å². The van der Waals surface area contributed by atoms with Crippen molar-refractivity contribution >= 4 is 22.6 Å². The van der Waals surface area contributed by atoms with Crippen molar-refractivity contribution in [3.8, 4) is 0 Å². The summed E-state index contributed by atoms with van der Waals surface area (Å²) in [6.07, 6.45) is 5.55. The molecule has 1 aliphatic carbocycles. The van der Waals surface area contributed by atoms with Crippen molar-refractivity contribution in [3.05, 3.63) is 0 Å². The SMILES string of the molecule is CCS(=O)CCN1CC(=O)NC(C2CCCCC2)C1=O. The fraction of sp³-hybridized carbons (Fsp3) is 0.857. The highest BCUT2D eigenvalue weighted by Crippen LogP contribution is 2.28. The first kappa shape index (κ1) is 15.5. The lowest BCUT2D eigenvalue weighted by molar-refractivity contribution is -0.146. The summed E-state index contributed by atoms with van der Waals surface area (Å²) in [6.45, 7) is 2.41. The molecule has 2 atom stereocenters. The molecule has 0 aromatic carbocycles. The summed E-state index contributed by atoms with van der Waals surface area (Å²) in [5, 5.41) is 2.86. The number of carbonyl (C=O) groups excluding carboxylic acids is 2. The second-order valence-corrected chi connectivity index (χ2v) is 7.50. The molecule has 0 spiro atoms. The normalized spacial score (nSPS) is 26.4. The van der Waals surface area contributed by atoms with Gasteiger partial charge >= 0.3 is 0 Å². The molecule has 0 aromatic rings. The van der Waals surface area contributed by atoms with Crippen LogP contribution in [0.2, 0.25) is 0 Å². The van der Waals surface area contributed by atoms with Crippen molar-refractivity contribution in [3.63, 3.8) is 0 Å². The van der Waals surface area contributed by atoms with Crippen LogP contribution in [0.15, 0.2) is 0 Å². The predicted molar refractivity (Wildman–Crippen MR) is 78.6 cm³/mol. The molecule has 2 unspecified atom stereocenters. The summed E-state index contributed by atoms with van der Waals surface area (Å²) in [4.78, 5) is 25.9. The molecular formula is C14H24N2O3S. The van der Waals surface area contributed by atoms with Gasteiger partial charge in [-0.1, -0.05) is 26.2 Å². The molecule has 2 aliphatic rings. The minimum atomic E-state index is -0.896. The fourth-order valence-corrected chi connectivity index (χ4v) is 3.77. The summed E-state index contributed by atoms with van der Waals surface area (Å²) >= 11 is 0. The Morgan fingerprint density at radius 3 is 2.60 bits per heavy atom. The Hall–Kier alpha value is -0.910. The number of hydrogen-bond acceptors (Lipinski definition) is 3. The first-order valence-corrected chi connectivity index (χ1v) is 9.03. The van der Waals surface area contributed by atoms with E-state index >= 15 is 0 Å². The lowest BCUT2D eigenvalue weighted by atomic mass is 9.82. The Kier molecular flexibility index (Phi) is 5.57. The van der Waals surface area contributed by atoms with Gasteiger partial charge in [-0.05, 0) is 18.8 Å². The molecule has 20 heavy (non-hydrogen) atoms. The molecule has 2 rings (SSSR count). The largest absolute Gasteiger partial charge is 0.342 e. The van der Waals surface area contributed by atoms with Crippen LogP contribution in [0.25, 0.3) is 0 Å².